The Morgan fingerprint density at radius 3 is 2.90 bits per heavy atom. The minimum atomic E-state index is -0.0774. The molecule has 0 atom stereocenters. The summed E-state index contributed by atoms with van der Waals surface area (Å²) in [6, 6.07) is 5.98. The van der Waals surface area contributed by atoms with Gasteiger partial charge in [0.25, 0.3) is 0 Å². The average Bonchev–Trinajstić information content (AvgIpc) is 2.83. The Hall–Kier alpha value is -2.27. The smallest absolute Gasteiger partial charge is 0.211 e. The fraction of sp³-hybridized carbons (Fsp3) is 0.312. The van der Waals surface area contributed by atoms with Gasteiger partial charge in [0.15, 0.2) is 0 Å². The molecule has 0 saturated heterocycles. The van der Waals surface area contributed by atoms with Crippen LogP contribution in [0.2, 0.25) is 0 Å². The fourth-order valence-corrected chi connectivity index (χ4v) is 2.73. The van der Waals surface area contributed by atoms with Gasteiger partial charge in [-0.15, -0.1) is 0 Å². The van der Waals surface area contributed by atoms with Crippen molar-refractivity contribution < 1.29 is 9.47 Å². The molecule has 1 spiro atoms. The van der Waals surface area contributed by atoms with Crippen LogP contribution in [0.4, 0.5) is 0 Å². The lowest BCUT2D eigenvalue weighted by atomic mass is 9.75. The molecular formula is C16H19N3O2. The van der Waals surface area contributed by atoms with Gasteiger partial charge >= 0.3 is 0 Å². The van der Waals surface area contributed by atoms with Gasteiger partial charge in [0.2, 0.25) is 5.88 Å². The number of nitrogens with zero attached hydrogens (tertiary/aromatic N) is 1. The third kappa shape index (κ3) is 2.52. The average molecular weight is 285 g/mol. The van der Waals surface area contributed by atoms with Crippen molar-refractivity contribution >= 4 is 6.21 Å². The molecule has 2 aliphatic rings. The highest BCUT2D eigenvalue weighted by molar-refractivity contribution is 5.77. The third-order valence-corrected chi connectivity index (χ3v) is 4.02. The molecule has 1 aliphatic carbocycles. The predicted molar refractivity (Wildman–Crippen MR) is 81.5 cm³/mol. The molecule has 1 saturated carbocycles. The van der Waals surface area contributed by atoms with Gasteiger partial charge in [0.05, 0.1) is 24.1 Å². The Labute approximate surface area is 123 Å². The van der Waals surface area contributed by atoms with Crippen LogP contribution in [0.25, 0.3) is 0 Å². The normalized spacial score (nSPS) is 19.5. The van der Waals surface area contributed by atoms with E-state index in [0.717, 1.165) is 12.8 Å². The van der Waals surface area contributed by atoms with Crippen molar-refractivity contribution in [1.29, 1.82) is 0 Å². The quantitative estimate of drug-likeness (QED) is 0.656. The monoisotopic (exact) mass is 285 g/mol. The lowest BCUT2D eigenvalue weighted by Gasteiger charge is -2.38. The first kappa shape index (κ1) is 13.7. The van der Waals surface area contributed by atoms with E-state index in [4.69, 9.17) is 20.9 Å². The molecule has 4 N–H and O–H groups in total. The van der Waals surface area contributed by atoms with Gasteiger partial charge < -0.3 is 20.9 Å². The van der Waals surface area contributed by atoms with Crippen molar-refractivity contribution in [2.24, 2.45) is 16.5 Å². The van der Waals surface area contributed by atoms with Crippen LogP contribution in [0.5, 0.6) is 5.75 Å². The molecule has 1 aliphatic heterocycles. The van der Waals surface area contributed by atoms with Gasteiger partial charge in [-0.3, -0.25) is 0 Å². The van der Waals surface area contributed by atoms with Gasteiger partial charge in [-0.2, -0.15) is 0 Å². The zero-order valence-corrected chi connectivity index (χ0v) is 11.8. The summed E-state index contributed by atoms with van der Waals surface area (Å²) in [5.41, 5.74) is 13.5. The molecule has 0 bridgehead atoms. The molecule has 0 unspecified atom stereocenters. The minimum absolute atomic E-state index is 0.0774. The Morgan fingerprint density at radius 1 is 1.43 bits per heavy atom. The zero-order chi connectivity index (χ0) is 14.9. The van der Waals surface area contributed by atoms with E-state index < -0.39 is 0 Å². The number of hydrogen-bond acceptors (Lipinski definition) is 5. The van der Waals surface area contributed by atoms with Gasteiger partial charge in [0, 0.05) is 6.20 Å². The highest BCUT2D eigenvalue weighted by atomic mass is 16.5. The van der Waals surface area contributed by atoms with E-state index in [2.05, 4.69) is 11.6 Å². The van der Waals surface area contributed by atoms with Crippen molar-refractivity contribution in [3.05, 3.63) is 53.7 Å². The Morgan fingerprint density at radius 2 is 2.24 bits per heavy atom. The molecule has 110 valence electrons. The number of nitrogens with two attached hydrogens (primary N) is 2. The van der Waals surface area contributed by atoms with Crippen LogP contribution < -0.4 is 16.2 Å². The summed E-state index contributed by atoms with van der Waals surface area (Å²) in [7, 11) is 0. The topological polar surface area (TPSA) is 82.9 Å². The SMILES string of the molecule is C=C(N=C/C(N)=C\N)Oc1ccc2c(c1)C1(CCC1)OC2. The highest BCUT2D eigenvalue weighted by Crippen LogP contribution is 2.51. The van der Waals surface area contributed by atoms with Crippen molar-refractivity contribution in [3.63, 3.8) is 0 Å². The lowest BCUT2D eigenvalue weighted by Crippen LogP contribution is -2.33. The summed E-state index contributed by atoms with van der Waals surface area (Å²) in [5.74, 6) is 0.976. The van der Waals surface area contributed by atoms with Gasteiger partial charge in [-0.1, -0.05) is 6.07 Å². The first-order chi connectivity index (χ1) is 10.1. The molecule has 0 amide bonds. The number of ether oxygens (including phenoxy) is 2. The van der Waals surface area contributed by atoms with E-state index in [-0.39, 0.29) is 11.5 Å². The van der Waals surface area contributed by atoms with Gasteiger partial charge in [0.1, 0.15) is 5.75 Å². The van der Waals surface area contributed by atoms with E-state index in [0.29, 0.717) is 18.1 Å². The van der Waals surface area contributed by atoms with E-state index in [1.54, 1.807) is 0 Å². The molecule has 1 fully saturated rings. The summed E-state index contributed by atoms with van der Waals surface area (Å²) < 4.78 is 11.6. The second kappa shape index (κ2) is 5.26. The van der Waals surface area contributed by atoms with Crippen LogP contribution in [0.15, 0.2) is 47.6 Å². The number of benzene rings is 1. The second-order valence-electron chi connectivity index (χ2n) is 5.38. The minimum Gasteiger partial charge on any atom is -0.440 e. The van der Waals surface area contributed by atoms with E-state index in [1.807, 2.05) is 18.2 Å². The summed E-state index contributed by atoms with van der Waals surface area (Å²) in [5, 5.41) is 0. The molecule has 0 radical (unpaired) electrons. The molecular weight excluding hydrogens is 266 g/mol. The molecule has 0 aromatic heterocycles. The van der Waals surface area contributed by atoms with Crippen LogP contribution in [-0.2, 0) is 16.9 Å². The van der Waals surface area contributed by atoms with Gasteiger partial charge in [-0.05, 0) is 49.1 Å². The molecule has 1 heterocycles. The molecule has 3 rings (SSSR count). The van der Waals surface area contributed by atoms with E-state index in [9.17, 15) is 0 Å². The number of allylic oxidation sites excluding steroid dienone is 1. The molecule has 5 nitrogen and oxygen atoms in total. The number of hydrogen-bond donors (Lipinski definition) is 2. The summed E-state index contributed by atoms with van der Waals surface area (Å²) >= 11 is 0. The maximum absolute atomic E-state index is 5.95. The van der Waals surface area contributed by atoms with Crippen LogP contribution in [0.1, 0.15) is 30.4 Å². The van der Waals surface area contributed by atoms with Crippen molar-refractivity contribution in [1.82, 2.24) is 0 Å². The Balaban J connectivity index is 1.74. The first-order valence-corrected chi connectivity index (χ1v) is 6.98. The van der Waals surface area contributed by atoms with Crippen molar-refractivity contribution in [2.45, 2.75) is 31.5 Å². The van der Waals surface area contributed by atoms with Crippen LogP contribution >= 0.6 is 0 Å². The summed E-state index contributed by atoms with van der Waals surface area (Å²) in [6.45, 7) is 4.43. The molecule has 1 aromatic carbocycles. The highest BCUT2D eigenvalue weighted by Gasteiger charge is 2.45. The second-order valence-corrected chi connectivity index (χ2v) is 5.38. The standard InChI is InChI=1S/C16H19N3O2/c1-11(19-9-13(18)8-17)21-14-4-3-12-10-20-16(5-2-6-16)15(12)7-14/h3-4,7-9H,1-2,5-6,10,17-18H2/b13-8+,19-9?. The largest absolute Gasteiger partial charge is 0.440 e. The molecule has 5 heteroatoms. The zero-order valence-electron chi connectivity index (χ0n) is 11.8. The fourth-order valence-electron chi connectivity index (χ4n) is 2.73. The Bertz CT molecular complexity index is 630. The van der Waals surface area contributed by atoms with E-state index >= 15 is 0 Å². The van der Waals surface area contributed by atoms with Crippen LogP contribution in [-0.4, -0.2) is 6.21 Å². The molecule has 1 aromatic rings. The number of aliphatic imine (C=N–C) groups is 1. The van der Waals surface area contributed by atoms with E-state index in [1.165, 1.54) is 30.0 Å². The Kier molecular flexibility index (Phi) is 3.43. The lowest BCUT2D eigenvalue weighted by molar-refractivity contribution is -0.0944. The van der Waals surface area contributed by atoms with Crippen LogP contribution in [0.3, 0.4) is 0 Å². The third-order valence-electron chi connectivity index (χ3n) is 4.02. The number of rotatable bonds is 4. The van der Waals surface area contributed by atoms with Crippen molar-refractivity contribution in [2.75, 3.05) is 0 Å². The molecule has 21 heavy (non-hydrogen) atoms. The predicted octanol–water partition coefficient (Wildman–Crippen LogP) is 2.28. The first-order valence-electron chi connectivity index (χ1n) is 6.98. The van der Waals surface area contributed by atoms with Crippen LogP contribution in [0, 0.1) is 0 Å². The summed E-state index contributed by atoms with van der Waals surface area (Å²) in [4.78, 5) is 4.01. The summed E-state index contributed by atoms with van der Waals surface area (Å²) in [6.07, 6.45) is 6.06. The maximum atomic E-state index is 5.95. The van der Waals surface area contributed by atoms with Crippen molar-refractivity contribution in [3.8, 4) is 5.75 Å². The maximum Gasteiger partial charge on any atom is 0.211 e. The number of fused-ring (bicyclic) bond motifs is 2. The van der Waals surface area contributed by atoms with Gasteiger partial charge in [-0.25, -0.2) is 4.99 Å².